The molecule has 0 saturated heterocycles. The summed E-state index contributed by atoms with van der Waals surface area (Å²) in [6.07, 6.45) is 3.97. The summed E-state index contributed by atoms with van der Waals surface area (Å²) in [4.78, 5) is 23.8. The fraction of sp³-hybridized carbons (Fsp3) is 0.0118. The van der Waals surface area contributed by atoms with E-state index in [1.165, 1.54) is 20.6 Å². The largest absolute Gasteiger partial charge is 0.457 e. The van der Waals surface area contributed by atoms with Crippen LogP contribution in [0.1, 0.15) is 22.3 Å². The molecule has 18 aromatic rings. The molecule has 0 radical (unpaired) electrons. The average Bonchev–Trinajstić information content (AvgIpc) is 1.47. The van der Waals surface area contributed by atoms with Gasteiger partial charge >= 0.3 is 0 Å². The first kappa shape index (κ1) is 52.7. The van der Waals surface area contributed by atoms with Crippen molar-refractivity contribution in [2.45, 2.75) is 15.2 Å². The van der Waals surface area contributed by atoms with Crippen LogP contribution in [0.5, 0.6) is 11.5 Å². The Morgan fingerprint density at radius 1 is 0.312 bits per heavy atom. The SMILES string of the molecule is [C-]#[N+]c1ccc2c(c1)c1cc([N+]#[C-])ccc1n2-c1cnc2c(c1)C1(c3ccc(-n4c5ccccc5c5ccccc54)cc3Oc3cc(-n4c5ccccc5c5cc(N6c7ccccc7Sc7ccccc76)ccc54)ccc31)c1cc(-n3c4ccccc4c4ccccc43)cnc1-2. The van der Waals surface area contributed by atoms with Crippen molar-refractivity contribution in [3.05, 3.63) is 330 Å². The molecular formula is C85H47N9OS. The number of rotatable bonds is 5. The molecule has 0 bridgehead atoms. The molecule has 1 atom stereocenters. The molecule has 2 aliphatic heterocycles. The molecule has 3 aliphatic rings. The van der Waals surface area contributed by atoms with Crippen LogP contribution in [0.2, 0.25) is 0 Å². The van der Waals surface area contributed by atoms with E-state index in [9.17, 15) is 0 Å². The van der Waals surface area contributed by atoms with E-state index in [4.69, 9.17) is 27.8 Å². The molecule has 12 aromatic carbocycles. The minimum absolute atomic E-state index is 0.524. The number of aromatic nitrogens is 6. The summed E-state index contributed by atoms with van der Waals surface area (Å²) >= 11 is 1.81. The lowest BCUT2D eigenvalue weighted by Gasteiger charge is -2.39. The van der Waals surface area contributed by atoms with Gasteiger partial charge in [0.15, 0.2) is 11.4 Å². The second-order valence-electron chi connectivity index (χ2n) is 25.0. The molecule has 444 valence electrons. The van der Waals surface area contributed by atoms with Gasteiger partial charge in [-0.2, -0.15) is 0 Å². The highest BCUT2D eigenvalue weighted by molar-refractivity contribution is 7.99. The molecule has 0 amide bonds. The Kier molecular flexibility index (Phi) is 10.7. The summed E-state index contributed by atoms with van der Waals surface area (Å²) < 4.78 is 17.1. The second kappa shape index (κ2) is 19.6. The zero-order valence-corrected chi connectivity index (χ0v) is 51.8. The van der Waals surface area contributed by atoms with Crippen LogP contribution in [0.4, 0.5) is 28.4 Å². The van der Waals surface area contributed by atoms with Crippen molar-refractivity contribution in [3.63, 3.8) is 0 Å². The number of hydrogen-bond acceptors (Lipinski definition) is 5. The van der Waals surface area contributed by atoms with E-state index >= 15 is 0 Å². The Balaban J connectivity index is 0.849. The van der Waals surface area contributed by atoms with E-state index in [2.05, 4.69) is 269 Å². The molecule has 0 N–H and O–H groups in total. The number of pyridine rings is 2. The van der Waals surface area contributed by atoms with E-state index in [0.29, 0.717) is 22.9 Å². The van der Waals surface area contributed by atoms with Gasteiger partial charge in [-0.05, 0) is 132 Å². The summed E-state index contributed by atoms with van der Waals surface area (Å²) in [7, 11) is 0. The number of para-hydroxylation sites is 7. The molecule has 0 fully saturated rings. The van der Waals surface area contributed by atoms with Crippen LogP contribution in [0.25, 0.3) is 131 Å². The minimum atomic E-state index is -1.10. The van der Waals surface area contributed by atoms with Gasteiger partial charge in [-0.1, -0.05) is 151 Å². The molecule has 0 saturated carbocycles. The van der Waals surface area contributed by atoms with Crippen molar-refractivity contribution >= 4 is 127 Å². The van der Waals surface area contributed by atoms with Gasteiger partial charge in [0.2, 0.25) is 0 Å². The zero-order valence-electron chi connectivity index (χ0n) is 51.0. The molecular weight excluding hydrogens is 1200 g/mol. The molecule has 1 aliphatic carbocycles. The first-order valence-corrected chi connectivity index (χ1v) is 32.8. The summed E-state index contributed by atoms with van der Waals surface area (Å²) in [5, 5.41) is 8.69. The number of nitrogens with zero attached hydrogens (tertiary/aromatic N) is 9. The lowest BCUT2D eigenvalue weighted by Crippen LogP contribution is -2.32. The number of ether oxygens (including phenoxy) is 1. The van der Waals surface area contributed by atoms with Gasteiger partial charge in [0.05, 0.1) is 109 Å². The lowest BCUT2D eigenvalue weighted by atomic mass is 9.66. The predicted octanol–water partition coefficient (Wildman–Crippen LogP) is 22.4. The van der Waals surface area contributed by atoms with Crippen LogP contribution in [0.3, 0.4) is 0 Å². The van der Waals surface area contributed by atoms with E-state index in [0.717, 1.165) is 150 Å². The summed E-state index contributed by atoms with van der Waals surface area (Å²) in [6, 6.07) is 97.5. The fourth-order valence-electron chi connectivity index (χ4n) is 16.4. The van der Waals surface area contributed by atoms with Gasteiger partial charge < -0.3 is 27.9 Å². The number of fused-ring (bicyclic) bond motifs is 23. The van der Waals surface area contributed by atoms with E-state index in [-0.39, 0.29) is 0 Å². The minimum Gasteiger partial charge on any atom is -0.457 e. The first-order valence-electron chi connectivity index (χ1n) is 32.0. The number of hydrogen-bond donors (Lipinski definition) is 0. The monoisotopic (exact) mass is 1240 g/mol. The number of benzene rings is 12. The maximum absolute atomic E-state index is 8.06. The average molecular weight is 1240 g/mol. The van der Waals surface area contributed by atoms with Crippen LogP contribution in [-0.2, 0) is 5.41 Å². The van der Waals surface area contributed by atoms with E-state index in [1.807, 2.05) is 60.6 Å². The highest BCUT2D eigenvalue weighted by Gasteiger charge is 2.53. The summed E-state index contributed by atoms with van der Waals surface area (Å²) in [5.41, 5.74) is 20.6. The van der Waals surface area contributed by atoms with Crippen LogP contribution in [-0.4, -0.2) is 28.2 Å². The number of anilines is 3. The molecule has 6 aromatic heterocycles. The van der Waals surface area contributed by atoms with E-state index in [1.54, 1.807) is 0 Å². The zero-order chi connectivity index (χ0) is 63.1. The summed E-state index contributed by atoms with van der Waals surface area (Å²) in [5.74, 6) is 1.40. The topological polar surface area (TPSA) is 66.7 Å². The van der Waals surface area contributed by atoms with Crippen LogP contribution >= 0.6 is 11.8 Å². The van der Waals surface area contributed by atoms with Crippen molar-refractivity contribution in [1.29, 1.82) is 0 Å². The fourth-order valence-corrected chi connectivity index (χ4v) is 17.4. The van der Waals surface area contributed by atoms with Crippen molar-refractivity contribution in [3.8, 4) is 45.6 Å². The molecule has 21 rings (SSSR count). The molecule has 10 nitrogen and oxygen atoms in total. The second-order valence-corrected chi connectivity index (χ2v) is 26.1. The predicted molar refractivity (Wildman–Crippen MR) is 388 cm³/mol. The lowest BCUT2D eigenvalue weighted by molar-refractivity contribution is 0.436. The van der Waals surface area contributed by atoms with Gasteiger partial charge in [-0.3, -0.25) is 9.97 Å². The Labute approximate surface area is 553 Å². The summed E-state index contributed by atoms with van der Waals surface area (Å²) in [6.45, 7) is 16.1. The standard InChI is InChI=1S/C85H47N9OS/c1-86-50-31-38-74-62(41-50)63-42-51(87-2)32-39-75(63)94(74)56-45-68-84(89-49-56)83-67(44-55(48-88-83)93-71-24-10-5-19-59(71)60-20-6-11-25-72(60)93)85(68)65-36-33-53(90-69-22-8-3-17-57(69)58-18-4-9-23-70(58)90)46-79(65)95-80-47-54(34-37-66(80)85)91-73-26-12-7-21-61(73)64-43-52(35-40-76(64)91)92-77-27-13-15-29-81(77)96-82-30-16-14-28-78(82)92/h3-49H. The van der Waals surface area contributed by atoms with Gasteiger partial charge in [0.1, 0.15) is 11.5 Å². The highest BCUT2D eigenvalue weighted by atomic mass is 32.2. The molecule has 8 heterocycles. The third-order valence-corrected chi connectivity index (χ3v) is 21.4. The van der Waals surface area contributed by atoms with Gasteiger partial charge in [-0.15, -0.1) is 0 Å². The highest BCUT2D eigenvalue weighted by Crippen LogP contribution is 2.63. The Morgan fingerprint density at radius 2 is 0.667 bits per heavy atom. The van der Waals surface area contributed by atoms with Crippen molar-refractivity contribution < 1.29 is 4.74 Å². The Morgan fingerprint density at radius 3 is 1.10 bits per heavy atom. The smallest absolute Gasteiger partial charge is 0.188 e. The first-order chi connectivity index (χ1) is 47.5. The normalized spacial score (nSPS) is 14.3. The van der Waals surface area contributed by atoms with Crippen molar-refractivity contribution in [2.75, 3.05) is 4.90 Å². The maximum atomic E-state index is 8.06. The quantitative estimate of drug-likeness (QED) is 0.161. The van der Waals surface area contributed by atoms with E-state index < -0.39 is 5.41 Å². The molecule has 1 spiro atoms. The molecule has 96 heavy (non-hydrogen) atoms. The van der Waals surface area contributed by atoms with Crippen LogP contribution < -0.4 is 9.64 Å². The third kappa shape index (κ3) is 7.07. The Hall–Kier alpha value is -12.9. The van der Waals surface area contributed by atoms with Gasteiger partial charge in [0, 0.05) is 93.6 Å². The van der Waals surface area contributed by atoms with Gasteiger partial charge in [-0.25, -0.2) is 9.69 Å². The van der Waals surface area contributed by atoms with Gasteiger partial charge in [0.25, 0.3) is 0 Å². The molecule has 11 heteroatoms. The van der Waals surface area contributed by atoms with Crippen LogP contribution in [0, 0.1) is 13.1 Å². The third-order valence-electron chi connectivity index (χ3n) is 20.3. The van der Waals surface area contributed by atoms with Crippen LogP contribution in [0.15, 0.2) is 295 Å². The van der Waals surface area contributed by atoms with Crippen molar-refractivity contribution in [2.24, 2.45) is 0 Å². The van der Waals surface area contributed by atoms with Crippen molar-refractivity contribution in [1.82, 2.24) is 28.2 Å². The Bertz CT molecular complexity index is 6390. The maximum Gasteiger partial charge on any atom is 0.188 e. The molecule has 1 unspecified atom stereocenters.